The zero-order valence-electron chi connectivity index (χ0n) is 15.4. The fourth-order valence-corrected chi connectivity index (χ4v) is 3.08. The first-order valence-electron chi connectivity index (χ1n) is 8.55. The van der Waals surface area contributed by atoms with Crippen molar-refractivity contribution in [1.82, 2.24) is 15.5 Å². The molecule has 0 aliphatic rings. The molecule has 6 nitrogen and oxygen atoms in total. The molecule has 7 heteroatoms. The van der Waals surface area contributed by atoms with Crippen LogP contribution in [0.25, 0.3) is 11.3 Å². The molecule has 3 aromatic rings. The van der Waals surface area contributed by atoms with Crippen LogP contribution in [0.4, 0.5) is 0 Å². The summed E-state index contributed by atoms with van der Waals surface area (Å²) in [6, 6.07) is 15.1. The van der Waals surface area contributed by atoms with E-state index in [2.05, 4.69) is 15.5 Å². The first-order chi connectivity index (χ1) is 13.0. The predicted octanol–water partition coefficient (Wildman–Crippen LogP) is 4.18. The molecule has 0 spiro atoms. The van der Waals surface area contributed by atoms with Crippen molar-refractivity contribution < 1.29 is 13.9 Å². The highest BCUT2D eigenvalue weighted by molar-refractivity contribution is 7.98. The molecule has 2 heterocycles. The SMILES string of the molecule is COc1ccc(-c2ccc(SCc3ccc(C(=O)NC(C)C)o3)nn2)cc1. The predicted molar refractivity (Wildman–Crippen MR) is 105 cm³/mol. The number of aromatic nitrogens is 2. The van der Waals surface area contributed by atoms with Crippen LogP contribution in [0.5, 0.6) is 5.75 Å². The number of rotatable bonds is 7. The summed E-state index contributed by atoms with van der Waals surface area (Å²) in [6.45, 7) is 3.82. The zero-order valence-corrected chi connectivity index (χ0v) is 16.2. The maximum absolute atomic E-state index is 11.9. The number of methoxy groups -OCH3 is 1. The molecule has 27 heavy (non-hydrogen) atoms. The summed E-state index contributed by atoms with van der Waals surface area (Å²) in [5.74, 6) is 2.21. The lowest BCUT2D eigenvalue weighted by molar-refractivity contribution is 0.0913. The van der Waals surface area contributed by atoms with Gasteiger partial charge in [0, 0.05) is 11.6 Å². The van der Waals surface area contributed by atoms with E-state index in [0.29, 0.717) is 11.5 Å². The van der Waals surface area contributed by atoms with Crippen LogP contribution in [-0.2, 0) is 5.75 Å². The van der Waals surface area contributed by atoms with E-state index in [0.717, 1.165) is 27.8 Å². The average Bonchev–Trinajstić information content (AvgIpc) is 3.16. The third-order valence-corrected chi connectivity index (χ3v) is 4.64. The van der Waals surface area contributed by atoms with E-state index in [1.807, 2.05) is 50.2 Å². The van der Waals surface area contributed by atoms with Gasteiger partial charge in [0.05, 0.1) is 18.6 Å². The second-order valence-corrected chi connectivity index (χ2v) is 7.16. The molecule has 1 aromatic carbocycles. The fraction of sp³-hybridized carbons (Fsp3) is 0.250. The summed E-state index contributed by atoms with van der Waals surface area (Å²) >= 11 is 1.50. The van der Waals surface area contributed by atoms with Crippen LogP contribution in [0.15, 0.2) is 58.0 Å². The topological polar surface area (TPSA) is 77.2 Å². The molecule has 0 bridgehead atoms. The van der Waals surface area contributed by atoms with E-state index in [1.165, 1.54) is 11.8 Å². The molecule has 2 aromatic heterocycles. The summed E-state index contributed by atoms with van der Waals surface area (Å²) in [4.78, 5) is 11.9. The van der Waals surface area contributed by atoms with Crippen molar-refractivity contribution in [1.29, 1.82) is 0 Å². The van der Waals surface area contributed by atoms with Crippen molar-refractivity contribution in [2.45, 2.75) is 30.7 Å². The standard InChI is InChI=1S/C20H21N3O3S/c1-13(2)21-20(24)18-10-8-16(26-18)12-27-19-11-9-17(22-23-19)14-4-6-15(25-3)7-5-14/h4-11,13H,12H2,1-3H3,(H,21,24). The van der Waals surface area contributed by atoms with Crippen LogP contribution < -0.4 is 10.1 Å². The minimum absolute atomic E-state index is 0.0694. The molecule has 0 aliphatic carbocycles. The molecule has 140 valence electrons. The van der Waals surface area contributed by atoms with E-state index in [1.54, 1.807) is 19.2 Å². The van der Waals surface area contributed by atoms with E-state index < -0.39 is 0 Å². The van der Waals surface area contributed by atoms with E-state index in [-0.39, 0.29) is 11.9 Å². The summed E-state index contributed by atoms with van der Waals surface area (Å²) in [5, 5.41) is 12.1. The normalized spacial score (nSPS) is 10.8. The molecule has 0 atom stereocenters. The smallest absolute Gasteiger partial charge is 0.287 e. The maximum atomic E-state index is 11.9. The minimum Gasteiger partial charge on any atom is -0.497 e. The van der Waals surface area contributed by atoms with Gasteiger partial charge in [-0.05, 0) is 62.4 Å². The van der Waals surface area contributed by atoms with Gasteiger partial charge in [0.1, 0.15) is 16.5 Å². The van der Waals surface area contributed by atoms with Crippen molar-refractivity contribution in [3.63, 3.8) is 0 Å². The summed E-state index contributed by atoms with van der Waals surface area (Å²) in [6.07, 6.45) is 0. The highest BCUT2D eigenvalue weighted by Gasteiger charge is 2.12. The van der Waals surface area contributed by atoms with E-state index in [4.69, 9.17) is 9.15 Å². The Labute approximate surface area is 162 Å². The Bertz CT molecular complexity index is 890. The lowest BCUT2D eigenvalue weighted by atomic mass is 10.1. The van der Waals surface area contributed by atoms with Crippen LogP contribution in [0.1, 0.15) is 30.2 Å². The Morgan fingerprint density at radius 2 is 1.89 bits per heavy atom. The molecule has 0 fully saturated rings. The number of carbonyl (C=O) groups excluding carboxylic acids is 1. The van der Waals surface area contributed by atoms with Crippen LogP contribution in [-0.4, -0.2) is 29.3 Å². The van der Waals surface area contributed by atoms with E-state index in [9.17, 15) is 4.79 Å². The van der Waals surface area contributed by atoms with Crippen LogP contribution in [0.3, 0.4) is 0 Å². The van der Waals surface area contributed by atoms with Crippen molar-refractivity contribution in [2.75, 3.05) is 7.11 Å². The first-order valence-corrected chi connectivity index (χ1v) is 9.54. The second-order valence-electron chi connectivity index (χ2n) is 6.17. The molecule has 3 rings (SSSR count). The Morgan fingerprint density at radius 1 is 1.11 bits per heavy atom. The molecule has 0 saturated heterocycles. The fourth-order valence-electron chi connectivity index (χ4n) is 2.37. The van der Waals surface area contributed by atoms with Crippen molar-refractivity contribution in [2.24, 2.45) is 0 Å². The lowest BCUT2D eigenvalue weighted by Gasteiger charge is -2.05. The maximum Gasteiger partial charge on any atom is 0.287 e. The summed E-state index contributed by atoms with van der Waals surface area (Å²) < 4.78 is 10.8. The van der Waals surface area contributed by atoms with Crippen molar-refractivity contribution in [3.05, 3.63) is 60.1 Å². The van der Waals surface area contributed by atoms with Gasteiger partial charge in [-0.2, -0.15) is 0 Å². The van der Waals surface area contributed by atoms with Crippen LogP contribution in [0, 0.1) is 0 Å². The Kier molecular flexibility index (Phi) is 6.13. The second kappa shape index (κ2) is 8.73. The molecule has 1 amide bonds. The molecule has 0 unspecified atom stereocenters. The van der Waals surface area contributed by atoms with Gasteiger partial charge in [0.2, 0.25) is 0 Å². The number of carbonyl (C=O) groups is 1. The van der Waals surface area contributed by atoms with Gasteiger partial charge >= 0.3 is 0 Å². The Hall–Kier alpha value is -2.80. The molecule has 1 N–H and O–H groups in total. The van der Waals surface area contributed by atoms with Gasteiger partial charge in [-0.25, -0.2) is 0 Å². The monoisotopic (exact) mass is 383 g/mol. The summed E-state index contributed by atoms with van der Waals surface area (Å²) in [5.41, 5.74) is 1.78. The molecular formula is C20H21N3O3S. The number of thioether (sulfide) groups is 1. The molecule has 0 saturated carbocycles. The number of ether oxygens (including phenoxy) is 1. The molecule has 0 radical (unpaired) electrons. The highest BCUT2D eigenvalue weighted by Crippen LogP contribution is 2.24. The number of hydrogen-bond donors (Lipinski definition) is 1. The third kappa shape index (κ3) is 5.10. The van der Waals surface area contributed by atoms with Gasteiger partial charge in [-0.15, -0.1) is 10.2 Å². The number of amides is 1. The minimum atomic E-state index is -0.204. The Balaban J connectivity index is 1.58. The molecular weight excluding hydrogens is 362 g/mol. The third-order valence-electron chi connectivity index (χ3n) is 3.69. The highest BCUT2D eigenvalue weighted by atomic mass is 32.2. The van der Waals surface area contributed by atoms with Crippen LogP contribution in [0.2, 0.25) is 0 Å². The number of furan rings is 1. The first kappa shape index (κ1) is 19.0. The zero-order chi connectivity index (χ0) is 19.2. The van der Waals surface area contributed by atoms with Gasteiger partial charge < -0.3 is 14.5 Å². The quantitative estimate of drug-likeness (QED) is 0.617. The number of nitrogens with zero attached hydrogens (tertiary/aromatic N) is 2. The Morgan fingerprint density at radius 3 is 2.52 bits per heavy atom. The van der Waals surface area contributed by atoms with Gasteiger partial charge in [-0.3, -0.25) is 4.79 Å². The summed E-state index contributed by atoms with van der Waals surface area (Å²) in [7, 11) is 1.64. The van der Waals surface area contributed by atoms with Crippen molar-refractivity contribution in [3.8, 4) is 17.0 Å². The van der Waals surface area contributed by atoms with Gasteiger partial charge in [-0.1, -0.05) is 11.8 Å². The largest absolute Gasteiger partial charge is 0.497 e. The average molecular weight is 383 g/mol. The lowest BCUT2D eigenvalue weighted by Crippen LogP contribution is -2.29. The number of hydrogen-bond acceptors (Lipinski definition) is 6. The van der Waals surface area contributed by atoms with E-state index >= 15 is 0 Å². The number of nitrogens with one attached hydrogen (secondary N) is 1. The van der Waals surface area contributed by atoms with Crippen LogP contribution >= 0.6 is 11.8 Å². The number of benzene rings is 1. The van der Waals surface area contributed by atoms with Crippen molar-refractivity contribution >= 4 is 17.7 Å². The van der Waals surface area contributed by atoms with Gasteiger partial charge in [0.15, 0.2) is 5.76 Å². The molecule has 0 aliphatic heterocycles. The van der Waals surface area contributed by atoms with Gasteiger partial charge in [0.25, 0.3) is 5.91 Å².